The van der Waals surface area contributed by atoms with Gasteiger partial charge in [0.1, 0.15) is 0 Å². The Bertz CT molecular complexity index is 722. The van der Waals surface area contributed by atoms with Gasteiger partial charge in [-0.1, -0.05) is 30.3 Å². The molecule has 1 saturated heterocycles. The fourth-order valence-electron chi connectivity index (χ4n) is 3.23. The lowest BCUT2D eigenvalue weighted by Crippen LogP contribution is -2.42. The average molecular weight is 324 g/mol. The molecule has 1 fully saturated rings. The molecule has 2 heterocycles. The Balaban J connectivity index is 1.76. The summed E-state index contributed by atoms with van der Waals surface area (Å²) in [5.41, 5.74) is 3.53. The van der Waals surface area contributed by atoms with E-state index in [9.17, 15) is 9.59 Å². The van der Waals surface area contributed by atoms with Crippen LogP contribution in [0.2, 0.25) is 0 Å². The van der Waals surface area contributed by atoms with Crippen LogP contribution in [0.5, 0.6) is 0 Å². The Morgan fingerprint density at radius 1 is 1.12 bits per heavy atom. The van der Waals surface area contributed by atoms with E-state index < -0.39 is 11.9 Å². The number of rotatable bonds is 2. The summed E-state index contributed by atoms with van der Waals surface area (Å²) in [4.78, 5) is 29.1. The topological polar surface area (TPSA) is 59.5 Å². The van der Waals surface area contributed by atoms with Crippen LogP contribution in [0.25, 0.3) is 11.1 Å². The van der Waals surface area contributed by atoms with E-state index in [0.717, 1.165) is 24.0 Å². The summed E-state index contributed by atoms with van der Waals surface area (Å²) in [6.45, 7) is 1.13. The van der Waals surface area contributed by atoms with Gasteiger partial charge < -0.3 is 9.64 Å². The number of piperidine rings is 1. The zero-order chi connectivity index (χ0) is 16.9. The van der Waals surface area contributed by atoms with Gasteiger partial charge in [0, 0.05) is 31.0 Å². The zero-order valence-corrected chi connectivity index (χ0v) is 13.6. The molecule has 3 rings (SSSR count). The molecule has 0 atom stereocenters. The molecule has 0 bridgehead atoms. The smallest absolute Gasteiger partial charge is 0.396 e. The predicted octanol–water partition coefficient (Wildman–Crippen LogP) is 2.63. The van der Waals surface area contributed by atoms with Crippen LogP contribution < -0.4 is 0 Å². The molecule has 5 heteroatoms. The van der Waals surface area contributed by atoms with E-state index in [1.807, 2.05) is 30.6 Å². The number of hydrogen-bond donors (Lipinski definition) is 0. The third-order valence-corrected chi connectivity index (χ3v) is 4.52. The number of esters is 1. The number of carbonyl (C=O) groups excluding carboxylic acids is 2. The van der Waals surface area contributed by atoms with Gasteiger partial charge in [-0.25, -0.2) is 4.79 Å². The number of likely N-dealkylation sites (tertiary alicyclic amines) is 1. The van der Waals surface area contributed by atoms with Crippen LogP contribution in [0.3, 0.4) is 0 Å². The second kappa shape index (κ2) is 7.25. The van der Waals surface area contributed by atoms with Crippen molar-refractivity contribution in [2.24, 2.45) is 0 Å². The highest BCUT2D eigenvalue weighted by atomic mass is 16.5. The first-order chi connectivity index (χ1) is 11.7. The zero-order valence-electron chi connectivity index (χ0n) is 13.6. The van der Waals surface area contributed by atoms with Crippen LogP contribution in [0, 0.1) is 0 Å². The Morgan fingerprint density at radius 3 is 2.50 bits per heavy atom. The van der Waals surface area contributed by atoms with Crippen molar-refractivity contribution in [2.45, 2.75) is 18.8 Å². The van der Waals surface area contributed by atoms with E-state index >= 15 is 0 Å². The molecule has 124 valence electrons. The molecule has 1 aliphatic rings. The molecule has 0 N–H and O–H groups in total. The number of hydrogen-bond acceptors (Lipinski definition) is 4. The Morgan fingerprint density at radius 2 is 1.83 bits per heavy atom. The standard InChI is InChI=1S/C19H20N2O3/c1-24-19(23)18(22)21-11-8-15(9-12-21)16-7-10-20-13-17(16)14-5-3-2-4-6-14/h2-7,10,13,15H,8-9,11-12H2,1H3. The van der Waals surface area contributed by atoms with Gasteiger partial charge in [-0.3, -0.25) is 9.78 Å². The van der Waals surface area contributed by atoms with Crippen LogP contribution in [0.1, 0.15) is 24.3 Å². The summed E-state index contributed by atoms with van der Waals surface area (Å²) in [5, 5.41) is 0. The molecule has 1 aromatic heterocycles. The van der Waals surface area contributed by atoms with Gasteiger partial charge in [0.05, 0.1) is 7.11 Å². The minimum atomic E-state index is -0.790. The minimum absolute atomic E-state index is 0.352. The van der Waals surface area contributed by atoms with Gasteiger partial charge >= 0.3 is 11.9 Å². The van der Waals surface area contributed by atoms with Crippen LogP contribution >= 0.6 is 0 Å². The average Bonchev–Trinajstić information content (AvgIpc) is 2.67. The fourth-order valence-corrected chi connectivity index (χ4v) is 3.23. The number of benzene rings is 1. The summed E-state index contributed by atoms with van der Waals surface area (Å²) in [6, 6.07) is 12.3. The van der Waals surface area contributed by atoms with Crippen LogP contribution in [0.4, 0.5) is 0 Å². The highest BCUT2D eigenvalue weighted by Gasteiger charge is 2.29. The van der Waals surface area contributed by atoms with E-state index in [0.29, 0.717) is 19.0 Å². The lowest BCUT2D eigenvalue weighted by Gasteiger charge is -2.32. The molecule has 0 aliphatic carbocycles. The van der Waals surface area contributed by atoms with Gasteiger partial charge in [0.2, 0.25) is 0 Å². The predicted molar refractivity (Wildman–Crippen MR) is 90.2 cm³/mol. The minimum Gasteiger partial charge on any atom is -0.462 e. The van der Waals surface area contributed by atoms with E-state index in [-0.39, 0.29) is 0 Å². The summed E-state index contributed by atoms with van der Waals surface area (Å²) < 4.78 is 4.52. The maximum atomic E-state index is 11.9. The van der Waals surface area contributed by atoms with E-state index in [1.165, 1.54) is 12.7 Å². The quantitative estimate of drug-likeness (QED) is 0.629. The molecule has 24 heavy (non-hydrogen) atoms. The van der Waals surface area contributed by atoms with Crippen LogP contribution in [-0.4, -0.2) is 42.0 Å². The molecule has 5 nitrogen and oxygen atoms in total. The van der Waals surface area contributed by atoms with Crippen molar-refractivity contribution in [2.75, 3.05) is 20.2 Å². The molecule has 1 aromatic carbocycles. The van der Waals surface area contributed by atoms with Crippen molar-refractivity contribution in [3.63, 3.8) is 0 Å². The van der Waals surface area contributed by atoms with E-state index in [4.69, 9.17) is 0 Å². The lowest BCUT2D eigenvalue weighted by molar-refractivity contribution is -0.158. The number of amides is 1. The number of pyridine rings is 1. The van der Waals surface area contributed by atoms with Gasteiger partial charge in [-0.2, -0.15) is 0 Å². The Kier molecular flexibility index (Phi) is 4.89. The van der Waals surface area contributed by atoms with Gasteiger partial charge in [0.15, 0.2) is 0 Å². The van der Waals surface area contributed by atoms with Gasteiger partial charge in [-0.05, 0) is 36.0 Å². The first kappa shape index (κ1) is 16.2. The Hall–Kier alpha value is -2.69. The second-order valence-corrected chi connectivity index (χ2v) is 5.89. The summed E-state index contributed by atoms with van der Waals surface area (Å²) >= 11 is 0. The maximum Gasteiger partial charge on any atom is 0.396 e. The van der Waals surface area contributed by atoms with Crippen molar-refractivity contribution >= 4 is 11.9 Å². The highest BCUT2D eigenvalue weighted by Crippen LogP contribution is 2.34. The van der Waals surface area contributed by atoms with E-state index in [1.54, 1.807) is 4.90 Å². The highest BCUT2D eigenvalue weighted by molar-refractivity contribution is 6.32. The Labute approximate surface area is 141 Å². The SMILES string of the molecule is COC(=O)C(=O)N1CCC(c2ccncc2-c2ccccc2)CC1. The number of methoxy groups -OCH3 is 1. The summed E-state index contributed by atoms with van der Waals surface area (Å²) in [5.74, 6) is -0.985. The van der Waals surface area contributed by atoms with Crippen molar-refractivity contribution < 1.29 is 14.3 Å². The number of carbonyl (C=O) groups is 2. The number of ether oxygens (including phenoxy) is 1. The molecule has 0 unspecified atom stereocenters. The molecule has 0 saturated carbocycles. The van der Waals surface area contributed by atoms with Crippen molar-refractivity contribution in [1.82, 2.24) is 9.88 Å². The molecule has 1 amide bonds. The molecule has 2 aromatic rings. The summed E-state index contributed by atoms with van der Waals surface area (Å²) in [7, 11) is 1.23. The number of nitrogens with zero attached hydrogens (tertiary/aromatic N) is 2. The monoisotopic (exact) mass is 324 g/mol. The first-order valence-electron chi connectivity index (χ1n) is 8.07. The van der Waals surface area contributed by atoms with Crippen molar-refractivity contribution in [3.8, 4) is 11.1 Å². The fraction of sp³-hybridized carbons (Fsp3) is 0.316. The molecular formula is C19H20N2O3. The van der Waals surface area contributed by atoms with Crippen LogP contribution in [0.15, 0.2) is 48.8 Å². The molecule has 0 spiro atoms. The largest absolute Gasteiger partial charge is 0.462 e. The third kappa shape index (κ3) is 3.30. The molecule has 1 aliphatic heterocycles. The number of aromatic nitrogens is 1. The first-order valence-corrected chi connectivity index (χ1v) is 8.07. The maximum absolute atomic E-state index is 11.9. The molecule has 0 radical (unpaired) electrons. The molecular weight excluding hydrogens is 304 g/mol. The summed E-state index contributed by atoms with van der Waals surface area (Å²) in [6.07, 6.45) is 5.36. The third-order valence-electron chi connectivity index (χ3n) is 4.52. The van der Waals surface area contributed by atoms with Gasteiger partial charge in [0.25, 0.3) is 0 Å². The lowest BCUT2D eigenvalue weighted by atomic mass is 9.85. The van der Waals surface area contributed by atoms with Crippen molar-refractivity contribution in [1.29, 1.82) is 0 Å². The normalized spacial score (nSPS) is 15.1. The van der Waals surface area contributed by atoms with Gasteiger partial charge in [-0.15, -0.1) is 0 Å². The second-order valence-electron chi connectivity index (χ2n) is 5.89. The van der Waals surface area contributed by atoms with Crippen molar-refractivity contribution in [3.05, 3.63) is 54.4 Å². The van der Waals surface area contributed by atoms with Crippen LogP contribution in [-0.2, 0) is 14.3 Å². The van der Waals surface area contributed by atoms with E-state index in [2.05, 4.69) is 27.9 Å².